The van der Waals surface area contributed by atoms with E-state index in [1.54, 1.807) is 97.1 Å². The predicted molar refractivity (Wildman–Crippen MR) is 220 cm³/mol. The summed E-state index contributed by atoms with van der Waals surface area (Å²) in [7, 11) is 0. The number of aryl methyl sites for hydroxylation is 4. The third-order valence-electron chi connectivity index (χ3n) is 10.4. The molecule has 308 valence electrons. The first-order valence-electron chi connectivity index (χ1n) is 20.4. The van der Waals surface area contributed by atoms with Gasteiger partial charge in [0.15, 0.2) is 30.2 Å². The standard InChI is InChI=1S/C44H44O10.2C2H6/c1-26-8-16-30(17-9-26)40(45)49-34-35(50-41(46)31-18-10-27(2)11-19-31)37(52-43(48)33-22-14-29(4)15-23-33)39-38(53-44(54-39)24-6-5-7-25-44)36(34)51-42(47)32-20-12-28(3)13-21-32;2*1-2/h8-23,34-39H,5-7,24-25H2,1-4H3;2*1-2H3/t34?,35?,36-,37+,38?,39?;;. The van der Waals surface area contributed by atoms with Gasteiger partial charge in [-0.05, 0) is 89.1 Å². The van der Waals surface area contributed by atoms with Gasteiger partial charge in [-0.25, -0.2) is 19.2 Å². The average Bonchev–Trinajstić information content (AvgIpc) is 3.60. The Morgan fingerprint density at radius 1 is 0.414 bits per heavy atom. The van der Waals surface area contributed by atoms with Crippen LogP contribution in [0.2, 0.25) is 0 Å². The van der Waals surface area contributed by atoms with Crippen molar-refractivity contribution in [3.05, 3.63) is 142 Å². The van der Waals surface area contributed by atoms with Crippen molar-refractivity contribution in [2.45, 2.75) is 130 Å². The van der Waals surface area contributed by atoms with Crippen LogP contribution in [0, 0.1) is 27.7 Å². The molecule has 1 saturated heterocycles. The van der Waals surface area contributed by atoms with Crippen molar-refractivity contribution in [2.24, 2.45) is 0 Å². The summed E-state index contributed by atoms with van der Waals surface area (Å²) in [6.45, 7) is 15.6. The molecule has 0 N–H and O–H groups in total. The van der Waals surface area contributed by atoms with Crippen LogP contribution in [0.25, 0.3) is 0 Å². The zero-order valence-corrected chi connectivity index (χ0v) is 34.8. The van der Waals surface area contributed by atoms with Gasteiger partial charge >= 0.3 is 23.9 Å². The summed E-state index contributed by atoms with van der Waals surface area (Å²) in [4.78, 5) is 55.8. The molecule has 0 aromatic heterocycles. The summed E-state index contributed by atoms with van der Waals surface area (Å²) in [5.74, 6) is -4.02. The van der Waals surface area contributed by atoms with Crippen molar-refractivity contribution in [3.63, 3.8) is 0 Å². The van der Waals surface area contributed by atoms with Crippen molar-refractivity contribution in [2.75, 3.05) is 0 Å². The van der Waals surface area contributed by atoms with Gasteiger partial charge in [-0.15, -0.1) is 0 Å². The van der Waals surface area contributed by atoms with Gasteiger partial charge < -0.3 is 28.4 Å². The monoisotopic (exact) mass is 792 g/mol. The fourth-order valence-electron chi connectivity index (χ4n) is 7.30. The van der Waals surface area contributed by atoms with Gasteiger partial charge in [0.05, 0.1) is 22.3 Å². The van der Waals surface area contributed by atoms with E-state index in [4.69, 9.17) is 28.4 Å². The first-order chi connectivity index (χ1) is 28.0. The summed E-state index contributed by atoms with van der Waals surface area (Å²) in [6.07, 6.45) is -4.13. The summed E-state index contributed by atoms with van der Waals surface area (Å²) in [6, 6.07) is 27.2. The van der Waals surface area contributed by atoms with E-state index in [0.717, 1.165) is 41.5 Å². The molecule has 7 rings (SSSR count). The second kappa shape index (κ2) is 19.9. The van der Waals surface area contributed by atoms with Crippen LogP contribution in [0.15, 0.2) is 97.1 Å². The minimum Gasteiger partial charge on any atom is -0.452 e. The predicted octanol–water partition coefficient (Wildman–Crippen LogP) is 9.63. The fraction of sp³-hybridized carbons (Fsp3) is 0.417. The quantitative estimate of drug-likeness (QED) is 0.126. The molecule has 3 aliphatic rings. The zero-order valence-electron chi connectivity index (χ0n) is 34.8. The van der Waals surface area contributed by atoms with E-state index >= 15 is 0 Å². The highest BCUT2D eigenvalue weighted by molar-refractivity contribution is 5.92. The lowest BCUT2D eigenvalue weighted by Gasteiger charge is -2.44. The van der Waals surface area contributed by atoms with Gasteiger partial charge in [-0.2, -0.15) is 0 Å². The maximum absolute atomic E-state index is 14.0. The van der Waals surface area contributed by atoms with E-state index in [9.17, 15) is 19.2 Å². The molecule has 3 fully saturated rings. The first-order valence-corrected chi connectivity index (χ1v) is 20.4. The Kier molecular flexibility index (Phi) is 15.0. The summed E-state index contributed by atoms with van der Waals surface area (Å²) in [5, 5.41) is 0. The van der Waals surface area contributed by atoms with Crippen LogP contribution >= 0.6 is 0 Å². The zero-order chi connectivity index (χ0) is 42.0. The molecular weight excluding hydrogens is 737 g/mol. The second-order valence-electron chi connectivity index (χ2n) is 14.6. The number of hydrogen-bond acceptors (Lipinski definition) is 10. The SMILES string of the molecule is CC.CC.Cc1ccc(C(=O)OC2C(OC(=O)c3ccc(C)cc3)[C@H](OC(=O)c3ccc(C)cc3)C3OC4(CCCCC4)OC3[C@@H]2OC(=O)c2ccc(C)cc2)cc1. The molecule has 10 nitrogen and oxygen atoms in total. The van der Waals surface area contributed by atoms with Gasteiger partial charge in [0.1, 0.15) is 12.2 Å². The summed E-state index contributed by atoms with van der Waals surface area (Å²) >= 11 is 0. The van der Waals surface area contributed by atoms with Crippen molar-refractivity contribution < 1.29 is 47.6 Å². The smallest absolute Gasteiger partial charge is 0.338 e. The van der Waals surface area contributed by atoms with Gasteiger partial charge in [-0.3, -0.25) is 0 Å². The lowest BCUT2D eigenvalue weighted by atomic mass is 9.84. The number of rotatable bonds is 8. The minimum atomic E-state index is -1.50. The third-order valence-corrected chi connectivity index (χ3v) is 10.4. The molecule has 4 aromatic rings. The fourth-order valence-corrected chi connectivity index (χ4v) is 7.30. The highest BCUT2D eigenvalue weighted by Gasteiger charge is 2.65. The number of carbonyl (C=O) groups excluding carboxylic acids is 4. The molecule has 2 aliphatic carbocycles. The highest BCUT2D eigenvalue weighted by atomic mass is 16.8. The van der Waals surface area contributed by atoms with Crippen LogP contribution in [0.1, 0.15) is 123 Å². The van der Waals surface area contributed by atoms with E-state index in [-0.39, 0.29) is 22.3 Å². The van der Waals surface area contributed by atoms with Crippen molar-refractivity contribution in [1.29, 1.82) is 0 Å². The van der Waals surface area contributed by atoms with Crippen molar-refractivity contribution in [1.82, 2.24) is 0 Å². The Morgan fingerprint density at radius 3 is 0.914 bits per heavy atom. The van der Waals surface area contributed by atoms with Crippen LogP contribution in [0.3, 0.4) is 0 Å². The number of fused-ring (bicyclic) bond motifs is 1. The molecule has 4 aromatic carbocycles. The molecule has 1 heterocycles. The van der Waals surface area contributed by atoms with Crippen molar-refractivity contribution in [3.8, 4) is 0 Å². The normalized spacial score (nSPS) is 22.8. The van der Waals surface area contributed by atoms with Gasteiger partial charge in [0.25, 0.3) is 0 Å². The number of carbonyl (C=O) groups is 4. The van der Waals surface area contributed by atoms with Gasteiger partial charge in [0.2, 0.25) is 0 Å². The Labute approximate surface area is 342 Å². The Bertz CT molecular complexity index is 1840. The Morgan fingerprint density at radius 2 is 0.655 bits per heavy atom. The van der Waals surface area contributed by atoms with E-state index < -0.39 is 66.3 Å². The third kappa shape index (κ3) is 10.2. The molecule has 0 bridgehead atoms. The van der Waals surface area contributed by atoms with E-state index in [0.29, 0.717) is 12.8 Å². The molecule has 10 heteroatoms. The average molecular weight is 793 g/mol. The lowest BCUT2D eigenvalue weighted by Crippen LogP contribution is -2.66. The van der Waals surface area contributed by atoms with E-state index in [1.807, 2.05) is 55.4 Å². The summed E-state index contributed by atoms with van der Waals surface area (Å²) < 4.78 is 38.5. The molecule has 1 aliphatic heterocycles. The molecule has 0 amide bonds. The highest BCUT2D eigenvalue weighted by Crippen LogP contribution is 2.48. The van der Waals surface area contributed by atoms with E-state index in [2.05, 4.69) is 0 Å². The van der Waals surface area contributed by atoms with Crippen LogP contribution in [0.5, 0.6) is 0 Å². The lowest BCUT2D eigenvalue weighted by molar-refractivity contribution is -0.203. The Balaban J connectivity index is 0.00000155. The van der Waals surface area contributed by atoms with Gasteiger partial charge in [0, 0.05) is 12.8 Å². The largest absolute Gasteiger partial charge is 0.452 e. The number of hydrogen-bond donors (Lipinski definition) is 0. The van der Waals surface area contributed by atoms with Crippen LogP contribution in [-0.2, 0) is 28.4 Å². The Hall–Kier alpha value is -5.32. The van der Waals surface area contributed by atoms with Crippen LogP contribution < -0.4 is 0 Å². The molecular formula is C48H56O10. The number of ether oxygens (including phenoxy) is 6. The maximum atomic E-state index is 14.0. The second-order valence-corrected chi connectivity index (χ2v) is 14.6. The molecule has 4 unspecified atom stereocenters. The first kappa shape index (κ1) is 43.8. The van der Waals surface area contributed by atoms with Crippen LogP contribution in [-0.4, -0.2) is 66.3 Å². The van der Waals surface area contributed by atoms with Crippen LogP contribution in [0.4, 0.5) is 0 Å². The number of esters is 4. The molecule has 0 radical (unpaired) electrons. The topological polar surface area (TPSA) is 124 Å². The minimum absolute atomic E-state index is 0.218. The molecule has 6 atom stereocenters. The summed E-state index contributed by atoms with van der Waals surface area (Å²) in [5.41, 5.74) is 4.70. The molecule has 2 saturated carbocycles. The van der Waals surface area contributed by atoms with Gasteiger partial charge in [-0.1, -0.05) is 105 Å². The number of benzene rings is 4. The molecule has 1 spiro atoms. The van der Waals surface area contributed by atoms with E-state index in [1.165, 1.54) is 0 Å². The molecule has 58 heavy (non-hydrogen) atoms. The van der Waals surface area contributed by atoms with Crippen molar-refractivity contribution >= 4 is 23.9 Å². The maximum Gasteiger partial charge on any atom is 0.338 e.